The molecule has 0 radical (unpaired) electrons. The normalized spacial score (nSPS) is 17.4. The quantitative estimate of drug-likeness (QED) is 0.444. The van der Waals surface area contributed by atoms with E-state index in [9.17, 15) is 4.79 Å². The van der Waals surface area contributed by atoms with E-state index in [-0.39, 0.29) is 18.0 Å². The zero-order valence-electron chi connectivity index (χ0n) is 21.6. The van der Waals surface area contributed by atoms with Crippen molar-refractivity contribution in [3.63, 3.8) is 0 Å². The van der Waals surface area contributed by atoms with Crippen molar-refractivity contribution in [2.24, 2.45) is 5.10 Å². The van der Waals surface area contributed by atoms with Gasteiger partial charge in [0, 0.05) is 25.3 Å². The van der Waals surface area contributed by atoms with E-state index in [4.69, 9.17) is 4.74 Å². The Bertz CT molecular complexity index is 929. The lowest BCUT2D eigenvalue weighted by molar-refractivity contribution is 0.0198. The van der Waals surface area contributed by atoms with Gasteiger partial charge in [-0.1, -0.05) is 6.08 Å². The SMILES string of the molecule is C/C=C(/C)c1nc(C)cn1C(C)(C)C(=N\NC1CCN(C(=O)OC(C)(C)C)CC1)/C(F)=C\C. The first kappa shape index (κ1) is 26.6. The maximum atomic E-state index is 15.1. The number of carbonyl (C=O) groups is 1. The maximum Gasteiger partial charge on any atom is 0.410 e. The van der Waals surface area contributed by atoms with Crippen LogP contribution in [0.5, 0.6) is 0 Å². The average molecular weight is 462 g/mol. The van der Waals surface area contributed by atoms with E-state index >= 15 is 4.39 Å². The first-order valence-corrected chi connectivity index (χ1v) is 11.6. The number of hydrogen-bond acceptors (Lipinski definition) is 5. The first-order chi connectivity index (χ1) is 15.3. The van der Waals surface area contributed by atoms with Crippen molar-refractivity contribution in [3.8, 4) is 0 Å². The van der Waals surface area contributed by atoms with Gasteiger partial charge in [0.2, 0.25) is 0 Å². The van der Waals surface area contributed by atoms with Gasteiger partial charge >= 0.3 is 6.09 Å². The molecule has 0 aliphatic carbocycles. The fourth-order valence-electron chi connectivity index (χ4n) is 3.74. The summed E-state index contributed by atoms with van der Waals surface area (Å²) in [4.78, 5) is 18.7. The number of likely N-dealkylation sites (tertiary alicyclic amines) is 1. The third kappa shape index (κ3) is 6.68. The number of carbonyl (C=O) groups excluding carboxylic acids is 1. The van der Waals surface area contributed by atoms with E-state index in [1.54, 1.807) is 11.8 Å². The third-order valence-corrected chi connectivity index (χ3v) is 5.78. The minimum atomic E-state index is -0.776. The van der Waals surface area contributed by atoms with Crippen LogP contribution in [0.2, 0.25) is 0 Å². The summed E-state index contributed by atoms with van der Waals surface area (Å²) in [5, 5.41) is 4.55. The molecule has 2 heterocycles. The number of amides is 1. The minimum Gasteiger partial charge on any atom is -0.444 e. The van der Waals surface area contributed by atoms with Crippen LogP contribution in [-0.4, -0.2) is 51.0 Å². The summed E-state index contributed by atoms with van der Waals surface area (Å²) < 4.78 is 22.5. The molecule has 2 rings (SSSR count). The molecular formula is C25H40FN5O2. The second-order valence-electron chi connectivity index (χ2n) is 10.1. The van der Waals surface area contributed by atoms with Gasteiger partial charge in [-0.25, -0.2) is 14.2 Å². The summed E-state index contributed by atoms with van der Waals surface area (Å²) in [7, 11) is 0. The number of allylic oxidation sites excluding steroid dienone is 4. The van der Waals surface area contributed by atoms with E-state index in [0.29, 0.717) is 31.6 Å². The standard InChI is InChI=1S/C25H40FN5O2/c1-10-17(3)22-27-18(4)16-31(22)25(8,9)21(20(26)11-2)29-28-19-12-14-30(15-13-19)23(32)33-24(5,6)7/h10-11,16,19,28H,12-15H2,1-9H3/b17-10-,20-11+,29-21-. The van der Waals surface area contributed by atoms with Crippen molar-refractivity contribution >= 4 is 17.4 Å². The van der Waals surface area contributed by atoms with Crippen LogP contribution in [0.1, 0.15) is 79.7 Å². The molecule has 184 valence electrons. The van der Waals surface area contributed by atoms with Gasteiger partial charge in [0.1, 0.15) is 23.0 Å². The van der Waals surface area contributed by atoms with E-state index in [1.807, 2.05) is 72.2 Å². The summed E-state index contributed by atoms with van der Waals surface area (Å²) in [6, 6.07) is 0.0420. The van der Waals surface area contributed by atoms with Gasteiger partial charge in [0.05, 0.1) is 11.2 Å². The topological polar surface area (TPSA) is 71.8 Å². The lowest BCUT2D eigenvalue weighted by Gasteiger charge is -2.34. The van der Waals surface area contributed by atoms with Crippen molar-refractivity contribution in [3.05, 3.63) is 35.7 Å². The summed E-state index contributed by atoms with van der Waals surface area (Å²) >= 11 is 0. The highest BCUT2D eigenvalue weighted by Gasteiger charge is 2.34. The molecule has 0 atom stereocenters. The fraction of sp³-hybridized carbons (Fsp3) is 0.640. The summed E-state index contributed by atoms with van der Waals surface area (Å²) in [6.45, 7) is 18.1. The summed E-state index contributed by atoms with van der Waals surface area (Å²) in [5.74, 6) is 0.413. The molecule has 1 aliphatic rings. The second-order valence-corrected chi connectivity index (χ2v) is 10.1. The number of ether oxygens (including phenoxy) is 1. The number of aromatic nitrogens is 2. The van der Waals surface area contributed by atoms with Crippen LogP contribution < -0.4 is 5.43 Å². The van der Waals surface area contributed by atoms with E-state index in [0.717, 1.165) is 17.1 Å². The molecule has 0 spiro atoms. The summed E-state index contributed by atoms with van der Waals surface area (Å²) in [5.41, 5.74) is 4.06. The Hall–Kier alpha value is -2.64. The van der Waals surface area contributed by atoms with Crippen LogP contribution in [0.4, 0.5) is 9.18 Å². The molecule has 0 saturated carbocycles. The van der Waals surface area contributed by atoms with Crippen molar-refractivity contribution in [1.29, 1.82) is 0 Å². The number of rotatable bonds is 6. The molecule has 1 aromatic rings. The molecule has 33 heavy (non-hydrogen) atoms. The molecule has 1 aromatic heterocycles. The lowest BCUT2D eigenvalue weighted by Crippen LogP contribution is -2.46. The molecule has 8 heteroatoms. The van der Waals surface area contributed by atoms with Crippen LogP contribution in [0.15, 0.2) is 29.3 Å². The zero-order valence-corrected chi connectivity index (χ0v) is 21.6. The van der Waals surface area contributed by atoms with Crippen molar-refractivity contribution < 1.29 is 13.9 Å². The molecule has 7 nitrogen and oxygen atoms in total. The lowest BCUT2D eigenvalue weighted by atomic mass is 9.95. The van der Waals surface area contributed by atoms with E-state index in [1.165, 1.54) is 6.08 Å². The smallest absolute Gasteiger partial charge is 0.410 e. The first-order valence-electron chi connectivity index (χ1n) is 11.6. The Morgan fingerprint density at radius 3 is 2.33 bits per heavy atom. The van der Waals surface area contributed by atoms with Crippen LogP contribution in [0.3, 0.4) is 0 Å². The predicted octanol–water partition coefficient (Wildman–Crippen LogP) is 5.57. The highest BCUT2D eigenvalue weighted by atomic mass is 19.1. The van der Waals surface area contributed by atoms with Gasteiger partial charge in [-0.3, -0.25) is 0 Å². The molecule has 0 unspecified atom stereocenters. The van der Waals surface area contributed by atoms with Gasteiger partial charge in [0.15, 0.2) is 0 Å². The fourth-order valence-corrected chi connectivity index (χ4v) is 3.74. The summed E-state index contributed by atoms with van der Waals surface area (Å²) in [6.07, 6.45) is 6.48. The molecule has 1 N–H and O–H groups in total. The zero-order chi connectivity index (χ0) is 25.0. The van der Waals surface area contributed by atoms with Gasteiger partial charge in [0.25, 0.3) is 0 Å². The Morgan fingerprint density at radius 2 is 1.82 bits per heavy atom. The molecule has 1 saturated heterocycles. The molecule has 1 aliphatic heterocycles. The monoisotopic (exact) mass is 461 g/mol. The molecular weight excluding hydrogens is 421 g/mol. The number of halogens is 1. The van der Waals surface area contributed by atoms with Crippen molar-refractivity contribution in [2.75, 3.05) is 13.1 Å². The number of hydrazone groups is 1. The number of hydrogen-bond donors (Lipinski definition) is 1. The van der Waals surface area contributed by atoms with Crippen LogP contribution >= 0.6 is 0 Å². The highest BCUT2D eigenvalue weighted by molar-refractivity contribution is 6.03. The second kappa shape index (κ2) is 10.5. The van der Waals surface area contributed by atoms with Gasteiger partial charge in [-0.15, -0.1) is 0 Å². The van der Waals surface area contributed by atoms with E-state index in [2.05, 4.69) is 15.5 Å². The number of nitrogens with zero attached hydrogens (tertiary/aromatic N) is 4. The number of imidazole rings is 1. The Labute approximate surface area is 197 Å². The van der Waals surface area contributed by atoms with Crippen LogP contribution in [0, 0.1) is 6.92 Å². The van der Waals surface area contributed by atoms with Crippen molar-refractivity contribution in [2.45, 2.75) is 92.3 Å². The molecule has 0 bridgehead atoms. The van der Waals surface area contributed by atoms with Gasteiger partial charge < -0.3 is 19.6 Å². The molecule has 1 amide bonds. The predicted molar refractivity (Wildman–Crippen MR) is 132 cm³/mol. The Kier molecular flexibility index (Phi) is 8.49. The average Bonchev–Trinajstić information content (AvgIpc) is 3.14. The van der Waals surface area contributed by atoms with Crippen molar-refractivity contribution in [1.82, 2.24) is 19.9 Å². The highest BCUT2D eigenvalue weighted by Crippen LogP contribution is 2.28. The van der Waals surface area contributed by atoms with Crippen LogP contribution in [0.25, 0.3) is 5.57 Å². The van der Waals surface area contributed by atoms with Gasteiger partial charge in [-0.2, -0.15) is 5.10 Å². The van der Waals surface area contributed by atoms with Crippen LogP contribution in [-0.2, 0) is 10.3 Å². The molecule has 1 fully saturated rings. The Balaban J connectivity index is 2.21. The number of piperidine rings is 1. The third-order valence-electron chi connectivity index (χ3n) is 5.78. The van der Waals surface area contributed by atoms with Gasteiger partial charge in [-0.05, 0) is 86.8 Å². The van der Waals surface area contributed by atoms with E-state index < -0.39 is 11.1 Å². The minimum absolute atomic E-state index is 0.0420. The Morgan fingerprint density at radius 1 is 1.21 bits per heavy atom. The number of nitrogens with one attached hydrogen (secondary N) is 1. The largest absolute Gasteiger partial charge is 0.444 e. The number of aryl methyl sites for hydroxylation is 1. The molecule has 0 aromatic carbocycles. The maximum absolute atomic E-state index is 15.1.